The Kier molecular flexibility index (Phi) is 3.41. The van der Waals surface area contributed by atoms with Gasteiger partial charge < -0.3 is 10.6 Å². The van der Waals surface area contributed by atoms with E-state index in [1.54, 1.807) is 0 Å². The Labute approximate surface area is 124 Å². The van der Waals surface area contributed by atoms with Crippen LogP contribution in [0, 0.1) is 6.92 Å². The number of anilines is 1. The van der Waals surface area contributed by atoms with E-state index < -0.39 is 0 Å². The second kappa shape index (κ2) is 5.24. The van der Waals surface area contributed by atoms with Gasteiger partial charge in [0.05, 0.1) is 12.2 Å². The summed E-state index contributed by atoms with van der Waals surface area (Å²) < 4.78 is 1.82. The summed E-state index contributed by atoms with van der Waals surface area (Å²) in [4.78, 5) is 12.4. The van der Waals surface area contributed by atoms with Crippen molar-refractivity contribution in [2.75, 3.05) is 11.9 Å². The molecule has 2 N–H and O–H groups in total. The molecule has 2 aromatic rings. The molecule has 1 amide bonds. The van der Waals surface area contributed by atoms with Crippen LogP contribution in [0.25, 0.3) is 0 Å². The first kappa shape index (κ1) is 13.7. The maximum atomic E-state index is 12.4. The predicted molar refractivity (Wildman–Crippen MR) is 82.5 cm³/mol. The molecule has 1 aliphatic heterocycles. The van der Waals surface area contributed by atoms with Crippen LogP contribution >= 0.6 is 0 Å². The van der Waals surface area contributed by atoms with Crippen molar-refractivity contribution in [3.8, 4) is 0 Å². The second-order valence-electron chi connectivity index (χ2n) is 5.55. The van der Waals surface area contributed by atoms with E-state index in [9.17, 15) is 4.79 Å². The van der Waals surface area contributed by atoms with Crippen LogP contribution in [0.15, 0.2) is 24.4 Å². The number of carbonyl (C=O) groups is 1. The van der Waals surface area contributed by atoms with E-state index >= 15 is 0 Å². The minimum atomic E-state index is -0.0578. The molecule has 110 valence electrons. The number of carbonyl (C=O) groups excluding carboxylic acids is 1. The fraction of sp³-hybridized carbons (Fsp3) is 0.375. The van der Waals surface area contributed by atoms with Crippen molar-refractivity contribution in [2.45, 2.75) is 26.3 Å². The summed E-state index contributed by atoms with van der Waals surface area (Å²) in [6.45, 7) is 4.94. The van der Waals surface area contributed by atoms with E-state index in [2.05, 4.69) is 15.7 Å². The number of fused-ring (bicyclic) bond motifs is 1. The van der Waals surface area contributed by atoms with E-state index in [1.807, 2.05) is 50.0 Å². The molecule has 0 spiro atoms. The Morgan fingerprint density at radius 2 is 2.29 bits per heavy atom. The van der Waals surface area contributed by atoms with Crippen LogP contribution in [-0.4, -0.2) is 22.2 Å². The topological polar surface area (TPSA) is 59.0 Å². The lowest BCUT2D eigenvalue weighted by molar-refractivity contribution is 0.0939. The number of aryl methyl sites for hydroxylation is 1. The molecule has 1 aromatic carbocycles. The Morgan fingerprint density at radius 1 is 1.48 bits per heavy atom. The van der Waals surface area contributed by atoms with Gasteiger partial charge in [0.2, 0.25) is 0 Å². The van der Waals surface area contributed by atoms with E-state index in [1.165, 1.54) is 5.56 Å². The number of hydrogen-bond donors (Lipinski definition) is 2. The highest BCUT2D eigenvalue weighted by Gasteiger charge is 2.17. The molecule has 2 heterocycles. The SMILES string of the molecule is Cc1c(C(C)NC(=O)c2ccc3c(c2)CCN3)cnn1C. The van der Waals surface area contributed by atoms with Gasteiger partial charge in [-0.3, -0.25) is 9.48 Å². The summed E-state index contributed by atoms with van der Waals surface area (Å²) in [5.74, 6) is -0.0412. The van der Waals surface area contributed by atoms with Crippen molar-refractivity contribution in [1.29, 1.82) is 0 Å². The number of nitrogens with zero attached hydrogens (tertiary/aromatic N) is 2. The first-order chi connectivity index (χ1) is 10.1. The van der Waals surface area contributed by atoms with Crippen LogP contribution in [0.2, 0.25) is 0 Å². The molecule has 21 heavy (non-hydrogen) atoms. The quantitative estimate of drug-likeness (QED) is 0.908. The predicted octanol–water partition coefficient (Wildman–Crippen LogP) is 2.19. The van der Waals surface area contributed by atoms with Crippen LogP contribution < -0.4 is 10.6 Å². The zero-order valence-electron chi connectivity index (χ0n) is 12.6. The molecule has 0 saturated carbocycles. The molecule has 1 atom stereocenters. The molecule has 0 fully saturated rings. The summed E-state index contributed by atoms with van der Waals surface area (Å²) in [6.07, 6.45) is 2.79. The fourth-order valence-corrected chi connectivity index (χ4v) is 2.74. The van der Waals surface area contributed by atoms with Gasteiger partial charge in [0, 0.05) is 36.1 Å². The van der Waals surface area contributed by atoms with Gasteiger partial charge in [-0.2, -0.15) is 5.10 Å². The van der Waals surface area contributed by atoms with E-state index in [4.69, 9.17) is 0 Å². The summed E-state index contributed by atoms with van der Waals surface area (Å²) >= 11 is 0. The Morgan fingerprint density at radius 3 is 3.00 bits per heavy atom. The standard InChI is InChI=1S/C16H20N4O/c1-10(14-9-18-20(3)11(14)2)19-16(21)13-4-5-15-12(8-13)6-7-17-15/h4-5,8-10,17H,6-7H2,1-3H3,(H,19,21). The van der Waals surface area contributed by atoms with Gasteiger partial charge >= 0.3 is 0 Å². The van der Waals surface area contributed by atoms with Crippen LogP contribution in [0.5, 0.6) is 0 Å². The highest BCUT2D eigenvalue weighted by Crippen LogP contribution is 2.23. The Bertz CT molecular complexity index is 690. The maximum absolute atomic E-state index is 12.4. The van der Waals surface area contributed by atoms with Gasteiger partial charge in [-0.25, -0.2) is 0 Å². The third kappa shape index (κ3) is 2.51. The van der Waals surface area contributed by atoms with Crippen LogP contribution in [-0.2, 0) is 13.5 Å². The number of aromatic nitrogens is 2. The van der Waals surface area contributed by atoms with Gasteiger partial charge in [-0.15, -0.1) is 0 Å². The van der Waals surface area contributed by atoms with Crippen molar-refractivity contribution < 1.29 is 4.79 Å². The monoisotopic (exact) mass is 284 g/mol. The fourth-order valence-electron chi connectivity index (χ4n) is 2.74. The molecule has 0 aliphatic carbocycles. The molecule has 0 radical (unpaired) electrons. The van der Waals surface area contributed by atoms with E-state index in [0.717, 1.165) is 29.9 Å². The van der Waals surface area contributed by atoms with Gasteiger partial charge in [0.15, 0.2) is 0 Å². The molecule has 0 bridgehead atoms. The molecule has 3 rings (SSSR count). The van der Waals surface area contributed by atoms with Crippen molar-refractivity contribution in [3.63, 3.8) is 0 Å². The molecular weight excluding hydrogens is 264 g/mol. The lowest BCUT2D eigenvalue weighted by Crippen LogP contribution is -2.27. The maximum Gasteiger partial charge on any atom is 0.251 e. The van der Waals surface area contributed by atoms with Gasteiger partial charge in [-0.05, 0) is 44.0 Å². The van der Waals surface area contributed by atoms with Crippen LogP contribution in [0.4, 0.5) is 5.69 Å². The van der Waals surface area contributed by atoms with Crippen molar-refractivity contribution in [2.24, 2.45) is 7.05 Å². The summed E-state index contributed by atoms with van der Waals surface area (Å²) in [7, 11) is 1.90. The minimum Gasteiger partial charge on any atom is -0.384 e. The lowest BCUT2D eigenvalue weighted by Gasteiger charge is -2.14. The first-order valence-electron chi connectivity index (χ1n) is 7.22. The second-order valence-corrected chi connectivity index (χ2v) is 5.55. The van der Waals surface area contributed by atoms with Crippen molar-refractivity contribution >= 4 is 11.6 Å². The number of nitrogens with one attached hydrogen (secondary N) is 2. The summed E-state index contributed by atoms with van der Waals surface area (Å²) in [6, 6.07) is 5.78. The number of hydrogen-bond acceptors (Lipinski definition) is 3. The van der Waals surface area contributed by atoms with E-state index in [-0.39, 0.29) is 11.9 Å². The molecule has 1 aromatic heterocycles. The zero-order valence-corrected chi connectivity index (χ0v) is 12.6. The van der Waals surface area contributed by atoms with Gasteiger partial charge in [-0.1, -0.05) is 0 Å². The van der Waals surface area contributed by atoms with Crippen LogP contribution in [0.1, 0.15) is 40.1 Å². The normalized spacial score (nSPS) is 14.4. The lowest BCUT2D eigenvalue weighted by atomic mass is 10.1. The van der Waals surface area contributed by atoms with Crippen molar-refractivity contribution in [1.82, 2.24) is 15.1 Å². The largest absolute Gasteiger partial charge is 0.384 e. The molecule has 1 unspecified atom stereocenters. The highest BCUT2D eigenvalue weighted by atomic mass is 16.1. The number of amides is 1. The summed E-state index contributed by atoms with van der Waals surface area (Å²) in [5.41, 5.74) is 5.19. The van der Waals surface area contributed by atoms with Gasteiger partial charge in [0.25, 0.3) is 5.91 Å². The number of benzene rings is 1. The molecule has 5 nitrogen and oxygen atoms in total. The molecule has 5 heteroatoms. The smallest absolute Gasteiger partial charge is 0.251 e. The first-order valence-corrected chi connectivity index (χ1v) is 7.22. The average Bonchev–Trinajstić information content (AvgIpc) is 3.05. The van der Waals surface area contributed by atoms with Gasteiger partial charge in [0.1, 0.15) is 0 Å². The Hall–Kier alpha value is -2.30. The zero-order chi connectivity index (χ0) is 15.0. The van der Waals surface area contributed by atoms with Crippen molar-refractivity contribution in [3.05, 3.63) is 46.8 Å². The van der Waals surface area contributed by atoms with E-state index in [0.29, 0.717) is 5.56 Å². The average molecular weight is 284 g/mol. The highest BCUT2D eigenvalue weighted by molar-refractivity contribution is 5.95. The molecule has 0 saturated heterocycles. The Balaban J connectivity index is 1.75. The third-order valence-electron chi connectivity index (χ3n) is 4.16. The summed E-state index contributed by atoms with van der Waals surface area (Å²) in [5, 5.41) is 10.6. The number of rotatable bonds is 3. The molecule has 1 aliphatic rings. The van der Waals surface area contributed by atoms with Crippen LogP contribution in [0.3, 0.4) is 0 Å². The third-order valence-corrected chi connectivity index (χ3v) is 4.16. The molecular formula is C16H20N4O. The minimum absolute atomic E-state index is 0.0412.